The van der Waals surface area contributed by atoms with Crippen LogP contribution in [0.5, 0.6) is 0 Å². The van der Waals surface area contributed by atoms with Crippen molar-refractivity contribution in [1.82, 2.24) is 5.32 Å². The molecule has 0 aliphatic carbocycles. The van der Waals surface area contributed by atoms with Gasteiger partial charge >= 0.3 is 0 Å². The molecule has 0 rings (SSSR count). The lowest BCUT2D eigenvalue weighted by Gasteiger charge is -2.04. The van der Waals surface area contributed by atoms with Gasteiger partial charge in [0.05, 0.1) is 0 Å². The lowest BCUT2D eigenvalue weighted by Crippen LogP contribution is -2.21. The Kier molecular flexibility index (Phi) is 22.6. The number of carbonyl (C=O) groups is 1. The fourth-order valence-corrected chi connectivity index (χ4v) is 3.66. The van der Waals surface area contributed by atoms with Gasteiger partial charge in [0.1, 0.15) is 0 Å². The molecule has 0 aromatic carbocycles. The highest BCUT2D eigenvalue weighted by atomic mass is 16.1. The molecule has 0 atom stereocenters. The van der Waals surface area contributed by atoms with E-state index in [0.29, 0.717) is 0 Å². The van der Waals surface area contributed by atoms with E-state index in [1.807, 2.05) is 0 Å². The Bertz CT molecular complexity index is 313. The molecule has 0 heterocycles. The van der Waals surface area contributed by atoms with Gasteiger partial charge in [-0.05, 0) is 12.5 Å². The third kappa shape index (κ3) is 23.2. The van der Waals surface area contributed by atoms with Crippen LogP contribution >= 0.6 is 0 Å². The second-order valence-electron chi connectivity index (χ2n) is 8.21. The maximum atomic E-state index is 11.0. The maximum absolute atomic E-state index is 11.0. The maximum Gasteiger partial charge on any atom is 0.243 e. The molecule has 0 aromatic rings. The summed E-state index contributed by atoms with van der Waals surface area (Å²) in [6.45, 7) is 6.54. The van der Waals surface area contributed by atoms with Crippen LogP contribution in [0.3, 0.4) is 0 Å². The lowest BCUT2D eigenvalue weighted by atomic mass is 10.0. The second-order valence-corrected chi connectivity index (χ2v) is 8.21. The van der Waals surface area contributed by atoms with Crippen LogP contribution in [0.25, 0.3) is 0 Å². The molecule has 0 fully saturated rings. The monoisotopic (exact) mass is 379 g/mol. The first-order valence-corrected chi connectivity index (χ1v) is 12.2. The molecule has 0 saturated carbocycles. The largest absolute Gasteiger partial charge is 0.353 e. The normalized spacial score (nSPS) is 10.9. The van der Waals surface area contributed by atoms with E-state index in [0.717, 1.165) is 13.0 Å². The fraction of sp³-hybridized carbons (Fsp3) is 0.880. The molecule has 0 aromatic heterocycles. The molecular weight excluding hydrogens is 330 g/mol. The summed E-state index contributed by atoms with van der Waals surface area (Å²) in [4.78, 5) is 11.0. The van der Waals surface area contributed by atoms with Crippen LogP contribution in [0.2, 0.25) is 0 Å². The van der Waals surface area contributed by atoms with Crippen molar-refractivity contribution in [3.05, 3.63) is 12.7 Å². The molecule has 1 N–H and O–H groups in total. The zero-order chi connectivity index (χ0) is 19.8. The molecule has 0 aliphatic rings. The minimum atomic E-state index is -0.0483. The first kappa shape index (κ1) is 26.2. The van der Waals surface area contributed by atoms with Crippen LogP contribution in [0, 0.1) is 0 Å². The van der Waals surface area contributed by atoms with E-state index in [-0.39, 0.29) is 5.91 Å². The highest BCUT2D eigenvalue weighted by Gasteiger charge is 1.96. The zero-order valence-corrected chi connectivity index (χ0v) is 18.5. The number of rotatable bonds is 22. The summed E-state index contributed by atoms with van der Waals surface area (Å²) in [5, 5.41) is 2.83. The summed E-state index contributed by atoms with van der Waals surface area (Å²) in [7, 11) is 0. The Morgan fingerprint density at radius 1 is 0.593 bits per heavy atom. The van der Waals surface area contributed by atoms with E-state index in [1.165, 1.54) is 128 Å². The second kappa shape index (κ2) is 23.2. The lowest BCUT2D eigenvalue weighted by molar-refractivity contribution is -0.116. The van der Waals surface area contributed by atoms with Crippen molar-refractivity contribution < 1.29 is 4.79 Å². The highest BCUT2D eigenvalue weighted by Crippen LogP contribution is 2.14. The SMILES string of the molecule is C=CC(=O)NCCCCCCCCCCCCCCCCCCCCCC. The van der Waals surface area contributed by atoms with Crippen LogP contribution in [-0.2, 0) is 4.79 Å². The van der Waals surface area contributed by atoms with Crippen LogP contribution < -0.4 is 5.32 Å². The molecule has 2 heteroatoms. The van der Waals surface area contributed by atoms with Crippen LogP contribution in [0.4, 0.5) is 0 Å². The Morgan fingerprint density at radius 2 is 0.889 bits per heavy atom. The Balaban J connectivity index is 3.01. The van der Waals surface area contributed by atoms with Gasteiger partial charge in [-0.25, -0.2) is 0 Å². The molecule has 0 spiro atoms. The average Bonchev–Trinajstić information content (AvgIpc) is 2.68. The minimum Gasteiger partial charge on any atom is -0.353 e. The molecule has 0 saturated heterocycles. The number of nitrogens with one attached hydrogen (secondary N) is 1. The molecule has 2 nitrogen and oxygen atoms in total. The predicted molar refractivity (Wildman–Crippen MR) is 121 cm³/mol. The topological polar surface area (TPSA) is 29.1 Å². The van der Waals surface area contributed by atoms with Gasteiger partial charge in [0.25, 0.3) is 0 Å². The molecule has 0 aliphatic heterocycles. The van der Waals surface area contributed by atoms with Crippen molar-refractivity contribution in [2.45, 2.75) is 135 Å². The summed E-state index contributed by atoms with van der Waals surface area (Å²) in [6, 6.07) is 0. The van der Waals surface area contributed by atoms with Gasteiger partial charge in [-0.2, -0.15) is 0 Å². The predicted octanol–water partition coefficient (Wildman–Crippen LogP) is 8.11. The van der Waals surface area contributed by atoms with Crippen LogP contribution in [0.1, 0.15) is 135 Å². The van der Waals surface area contributed by atoms with E-state index >= 15 is 0 Å². The standard InChI is InChI=1S/C25H49NO/c1-3-5-6-7-8-9-10-11-12-13-14-15-16-17-18-19-20-21-22-23-24-26-25(27)4-2/h4H,2-3,5-24H2,1H3,(H,26,27). The number of hydrogen-bond donors (Lipinski definition) is 1. The van der Waals surface area contributed by atoms with Gasteiger partial charge in [0.2, 0.25) is 5.91 Å². The van der Waals surface area contributed by atoms with E-state index in [9.17, 15) is 4.79 Å². The van der Waals surface area contributed by atoms with Gasteiger partial charge < -0.3 is 5.32 Å². The number of amides is 1. The fourth-order valence-electron chi connectivity index (χ4n) is 3.66. The number of unbranched alkanes of at least 4 members (excludes halogenated alkanes) is 19. The van der Waals surface area contributed by atoms with Crippen molar-refractivity contribution in [2.24, 2.45) is 0 Å². The third-order valence-electron chi connectivity index (χ3n) is 5.51. The summed E-state index contributed by atoms with van der Waals surface area (Å²) in [6.07, 6.45) is 29.4. The summed E-state index contributed by atoms with van der Waals surface area (Å²) >= 11 is 0. The van der Waals surface area contributed by atoms with Crippen molar-refractivity contribution in [3.8, 4) is 0 Å². The van der Waals surface area contributed by atoms with Gasteiger partial charge in [0, 0.05) is 6.54 Å². The molecule has 160 valence electrons. The quantitative estimate of drug-likeness (QED) is 0.149. The Labute approximate surface area is 171 Å². The first-order chi connectivity index (χ1) is 13.3. The minimum absolute atomic E-state index is 0.0483. The molecule has 27 heavy (non-hydrogen) atoms. The van der Waals surface area contributed by atoms with Gasteiger partial charge in [-0.15, -0.1) is 0 Å². The van der Waals surface area contributed by atoms with Crippen LogP contribution in [-0.4, -0.2) is 12.5 Å². The van der Waals surface area contributed by atoms with E-state index in [1.54, 1.807) is 0 Å². The molecule has 0 bridgehead atoms. The van der Waals surface area contributed by atoms with Crippen molar-refractivity contribution in [3.63, 3.8) is 0 Å². The van der Waals surface area contributed by atoms with Gasteiger partial charge in [-0.3, -0.25) is 4.79 Å². The average molecular weight is 380 g/mol. The third-order valence-corrected chi connectivity index (χ3v) is 5.51. The first-order valence-electron chi connectivity index (χ1n) is 12.2. The highest BCUT2D eigenvalue weighted by molar-refractivity contribution is 5.86. The van der Waals surface area contributed by atoms with Crippen molar-refractivity contribution in [2.75, 3.05) is 6.54 Å². The van der Waals surface area contributed by atoms with E-state index in [2.05, 4.69) is 18.8 Å². The molecule has 1 amide bonds. The van der Waals surface area contributed by atoms with Crippen molar-refractivity contribution >= 4 is 5.91 Å². The zero-order valence-electron chi connectivity index (χ0n) is 18.5. The Morgan fingerprint density at radius 3 is 1.19 bits per heavy atom. The molecule has 0 unspecified atom stereocenters. The molecule has 0 radical (unpaired) electrons. The van der Waals surface area contributed by atoms with Crippen molar-refractivity contribution in [1.29, 1.82) is 0 Å². The molecular formula is C25H49NO. The smallest absolute Gasteiger partial charge is 0.243 e. The van der Waals surface area contributed by atoms with Gasteiger partial charge in [0.15, 0.2) is 0 Å². The number of hydrogen-bond acceptors (Lipinski definition) is 1. The van der Waals surface area contributed by atoms with Crippen LogP contribution in [0.15, 0.2) is 12.7 Å². The summed E-state index contributed by atoms with van der Waals surface area (Å²) in [5.41, 5.74) is 0. The van der Waals surface area contributed by atoms with E-state index in [4.69, 9.17) is 0 Å². The number of carbonyl (C=O) groups excluding carboxylic acids is 1. The summed E-state index contributed by atoms with van der Waals surface area (Å²) in [5.74, 6) is -0.0483. The summed E-state index contributed by atoms with van der Waals surface area (Å²) < 4.78 is 0. The van der Waals surface area contributed by atoms with E-state index < -0.39 is 0 Å². The van der Waals surface area contributed by atoms with Gasteiger partial charge in [-0.1, -0.05) is 135 Å². The Hall–Kier alpha value is -0.790.